The van der Waals surface area contributed by atoms with Gasteiger partial charge >= 0.3 is 0 Å². The molecule has 0 fully saturated rings. The van der Waals surface area contributed by atoms with Gasteiger partial charge in [-0.3, -0.25) is 4.98 Å². The van der Waals surface area contributed by atoms with Gasteiger partial charge in [0.15, 0.2) is 0 Å². The number of aliphatic hydroxyl groups is 1. The molecule has 0 aliphatic heterocycles. The fourth-order valence-corrected chi connectivity index (χ4v) is 2.55. The molecule has 2 aromatic rings. The number of halogens is 1. The van der Waals surface area contributed by atoms with Crippen LogP contribution in [0.25, 0.3) is 0 Å². The molecule has 0 aliphatic rings. The lowest BCUT2D eigenvalue weighted by Gasteiger charge is -2.07. The highest BCUT2D eigenvalue weighted by Crippen LogP contribution is 2.28. The molecule has 0 bridgehead atoms. The van der Waals surface area contributed by atoms with E-state index in [1.165, 1.54) is 4.90 Å². The number of hydrogen-bond donors (Lipinski definition) is 1. The number of aliphatic hydroxyl groups excluding tert-OH is 1. The summed E-state index contributed by atoms with van der Waals surface area (Å²) in [6, 6.07) is 12.0. The third kappa shape index (κ3) is 3.57. The summed E-state index contributed by atoms with van der Waals surface area (Å²) in [6.45, 7) is 1.94. The summed E-state index contributed by atoms with van der Waals surface area (Å²) < 4.78 is 1.08. The van der Waals surface area contributed by atoms with Crippen molar-refractivity contribution in [2.24, 2.45) is 0 Å². The van der Waals surface area contributed by atoms with E-state index in [4.69, 9.17) is 0 Å². The average Bonchev–Trinajstić information content (AvgIpc) is 2.41. The summed E-state index contributed by atoms with van der Waals surface area (Å²) in [4.78, 5) is 6.53. The van der Waals surface area contributed by atoms with Gasteiger partial charge in [0.05, 0.1) is 11.8 Å². The van der Waals surface area contributed by atoms with Crippen LogP contribution >= 0.6 is 27.7 Å². The van der Waals surface area contributed by atoms with Gasteiger partial charge in [0.25, 0.3) is 0 Å². The maximum atomic E-state index is 9.67. The van der Waals surface area contributed by atoms with Gasteiger partial charge in [-0.2, -0.15) is 0 Å². The van der Waals surface area contributed by atoms with Gasteiger partial charge < -0.3 is 5.11 Å². The molecule has 1 aromatic heterocycles. The topological polar surface area (TPSA) is 33.1 Å². The second-order valence-corrected chi connectivity index (χ2v) is 5.96. The van der Waals surface area contributed by atoms with Gasteiger partial charge in [0.2, 0.25) is 0 Å². The first-order valence-corrected chi connectivity index (χ1v) is 7.37. The Morgan fingerprint density at radius 3 is 2.39 bits per heavy atom. The summed E-state index contributed by atoms with van der Waals surface area (Å²) in [7, 11) is 0. The van der Waals surface area contributed by atoms with Crippen molar-refractivity contribution in [3.63, 3.8) is 0 Å². The highest BCUT2D eigenvalue weighted by Gasteiger charge is 2.06. The van der Waals surface area contributed by atoms with Gasteiger partial charge in [-0.15, -0.1) is 0 Å². The molecule has 0 radical (unpaired) electrons. The molecule has 0 saturated heterocycles. The highest BCUT2D eigenvalue weighted by molar-refractivity contribution is 9.10. The Balaban J connectivity index is 2.08. The zero-order valence-electron chi connectivity index (χ0n) is 10.0. The van der Waals surface area contributed by atoms with Crippen LogP contribution in [0.2, 0.25) is 0 Å². The molecule has 0 unspecified atom stereocenters. The lowest BCUT2D eigenvalue weighted by atomic mass is 10.2. The first kappa shape index (κ1) is 13.6. The van der Waals surface area contributed by atoms with Crippen molar-refractivity contribution in [2.45, 2.75) is 29.2 Å². The normalized spacial score (nSPS) is 12.4. The van der Waals surface area contributed by atoms with E-state index >= 15 is 0 Å². The molecule has 1 N–H and O–H groups in total. The Morgan fingerprint density at radius 1 is 1.17 bits per heavy atom. The van der Waals surface area contributed by atoms with Gasteiger partial charge in [-0.05, 0) is 42.8 Å². The minimum Gasteiger partial charge on any atom is -0.387 e. The summed E-state index contributed by atoms with van der Waals surface area (Å²) in [5.41, 5.74) is 0.734. The molecule has 1 heterocycles. The van der Waals surface area contributed by atoms with Crippen LogP contribution in [0.3, 0.4) is 0 Å². The van der Waals surface area contributed by atoms with Crippen molar-refractivity contribution >= 4 is 27.7 Å². The Bertz CT molecular complexity index is 498. The minimum atomic E-state index is -0.461. The van der Waals surface area contributed by atoms with Crippen LogP contribution in [0.15, 0.2) is 56.9 Å². The summed E-state index contributed by atoms with van der Waals surface area (Å²) in [5.74, 6) is 0. The molecule has 1 aromatic carbocycles. The van der Waals surface area contributed by atoms with E-state index in [1.54, 1.807) is 18.0 Å². The summed E-state index contributed by atoms with van der Waals surface area (Å²) in [6.07, 6.45) is 2.03. The first-order chi connectivity index (χ1) is 8.69. The molecular formula is C14H14BrNOS. The Morgan fingerprint density at radius 2 is 1.83 bits per heavy atom. The smallest absolute Gasteiger partial charge is 0.0957 e. The number of nitrogens with zero attached hydrogens (tertiary/aromatic N) is 1. The standard InChI is InChI=1S/C14H14BrNOS/c1-2-14(17)13-8-7-12(9-16-13)18-11-5-3-10(15)4-6-11/h3-9,14,17H,2H2,1H3/t14-/m0/s1. The Labute approximate surface area is 120 Å². The molecule has 0 saturated carbocycles. The maximum absolute atomic E-state index is 9.67. The molecule has 4 heteroatoms. The summed E-state index contributed by atoms with van der Waals surface area (Å²) >= 11 is 5.07. The molecule has 2 nitrogen and oxygen atoms in total. The largest absolute Gasteiger partial charge is 0.387 e. The number of hydrogen-bond acceptors (Lipinski definition) is 3. The van der Waals surface area contributed by atoms with Gasteiger partial charge in [0, 0.05) is 20.5 Å². The molecule has 2 rings (SSSR count). The second kappa shape index (κ2) is 6.36. The average molecular weight is 324 g/mol. The monoisotopic (exact) mass is 323 g/mol. The maximum Gasteiger partial charge on any atom is 0.0957 e. The zero-order valence-corrected chi connectivity index (χ0v) is 12.4. The van der Waals surface area contributed by atoms with E-state index < -0.39 is 6.10 Å². The third-order valence-electron chi connectivity index (χ3n) is 2.54. The predicted molar refractivity (Wildman–Crippen MR) is 77.8 cm³/mol. The lowest BCUT2D eigenvalue weighted by Crippen LogP contribution is -1.97. The van der Waals surface area contributed by atoms with E-state index in [2.05, 4.69) is 33.0 Å². The van der Waals surface area contributed by atoms with Gasteiger partial charge in [-0.1, -0.05) is 34.6 Å². The van der Waals surface area contributed by atoms with Crippen LogP contribution in [0.5, 0.6) is 0 Å². The zero-order chi connectivity index (χ0) is 13.0. The van der Waals surface area contributed by atoms with Crippen molar-refractivity contribution in [2.75, 3.05) is 0 Å². The van der Waals surface area contributed by atoms with E-state index in [0.717, 1.165) is 15.1 Å². The van der Waals surface area contributed by atoms with Crippen LogP contribution in [0.1, 0.15) is 25.1 Å². The molecular weight excluding hydrogens is 310 g/mol. The van der Waals surface area contributed by atoms with E-state index in [1.807, 2.05) is 31.2 Å². The van der Waals surface area contributed by atoms with Crippen molar-refractivity contribution in [3.8, 4) is 0 Å². The van der Waals surface area contributed by atoms with Crippen LogP contribution in [-0.4, -0.2) is 10.1 Å². The lowest BCUT2D eigenvalue weighted by molar-refractivity contribution is 0.169. The van der Waals surface area contributed by atoms with Crippen molar-refractivity contribution in [1.29, 1.82) is 0 Å². The highest BCUT2D eigenvalue weighted by atomic mass is 79.9. The Kier molecular flexibility index (Phi) is 4.80. The van der Waals surface area contributed by atoms with Crippen molar-refractivity contribution in [3.05, 3.63) is 52.8 Å². The fraction of sp³-hybridized carbons (Fsp3) is 0.214. The van der Waals surface area contributed by atoms with E-state index in [-0.39, 0.29) is 0 Å². The minimum absolute atomic E-state index is 0.461. The predicted octanol–water partition coefficient (Wildman–Crippen LogP) is 4.44. The summed E-state index contributed by atoms with van der Waals surface area (Å²) in [5, 5.41) is 9.67. The van der Waals surface area contributed by atoms with Crippen LogP contribution in [0.4, 0.5) is 0 Å². The van der Waals surface area contributed by atoms with E-state index in [9.17, 15) is 5.11 Å². The molecule has 0 aliphatic carbocycles. The number of pyridine rings is 1. The van der Waals surface area contributed by atoms with Crippen LogP contribution in [0, 0.1) is 0 Å². The number of rotatable bonds is 4. The molecule has 0 spiro atoms. The van der Waals surface area contributed by atoms with Crippen molar-refractivity contribution < 1.29 is 5.11 Å². The fourth-order valence-electron chi connectivity index (χ4n) is 1.50. The number of benzene rings is 1. The Hall–Kier alpha value is -0.840. The third-order valence-corrected chi connectivity index (χ3v) is 4.05. The van der Waals surface area contributed by atoms with Crippen molar-refractivity contribution in [1.82, 2.24) is 4.98 Å². The van der Waals surface area contributed by atoms with E-state index in [0.29, 0.717) is 6.42 Å². The first-order valence-electron chi connectivity index (χ1n) is 5.76. The molecule has 1 atom stereocenters. The molecule has 18 heavy (non-hydrogen) atoms. The molecule has 94 valence electrons. The van der Waals surface area contributed by atoms with Crippen LogP contribution < -0.4 is 0 Å². The SMILES string of the molecule is CC[C@H](O)c1ccc(Sc2ccc(Br)cc2)cn1. The molecule has 0 amide bonds. The van der Waals surface area contributed by atoms with Crippen LogP contribution in [-0.2, 0) is 0 Å². The van der Waals surface area contributed by atoms with Gasteiger partial charge in [0.1, 0.15) is 0 Å². The quantitative estimate of drug-likeness (QED) is 0.903. The number of aromatic nitrogens is 1. The van der Waals surface area contributed by atoms with Gasteiger partial charge in [-0.25, -0.2) is 0 Å². The second-order valence-electron chi connectivity index (χ2n) is 3.90.